The standard InChI is InChI=1S/C14H20ClFN2OS/c1-5-6-7-11(18-20(19)14(2,3)4)10-8-9-17-13(16)12(10)15/h5,8-9,11,18H,1,6-7H2,2-4H3/t11-,20-/m0/s1. The topological polar surface area (TPSA) is 42.0 Å². The molecular formula is C14H20ClFN2OS. The van der Waals surface area contributed by atoms with Crippen LogP contribution in [-0.2, 0) is 11.0 Å². The molecule has 1 aromatic rings. The Kier molecular flexibility index (Phi) is 6.30. The van der Waals surface area contributed by atoms with Crippen molar-refractivity contribution >= 4 is 22.6 Å². The van der Waals surface area contributed by atoms with Crippen molar-refractivity contribution in [3.8, 4) is 0 Å². The lowest BCUT2D eigenvalue weighted by molar-refractivity contribution is 0.554. The maximum atomic E-state index is 13.5. The van der Waals surface area contributed by atoms with E-state index in [1.54, 1.807) is 12.1 Å². The van der Waals surface area contributed by atoms with Gasteiger partial charge in [0.25, 0.3) is 0 Å². The van der Waals surface area contributed by atoms with Gasteiger partial charge in [0.15, 0.2) is 0 Å². The van der Waals surface area contributed by atoms with E-state index >= 15 is 0 Å². The molecule has 0 unspecified atom stereocenters. The van der Waals surface area contributed by atoms with E-state index in [1.807, 2.05) is 20.8 Å². The van der Waals surface area contributed by atoms with Crippen molar-refractivity contribution in [2.45, 2.75) is 44.4 Å². The van der Waals surface area contributed by atoms with Crippen molar-refractivity contribution in [1.82, 2.24) is 9.71 Å². The van der Waals surface area contributed by atoms with Gasteiger partial charge < -0.3 is 0 Å². The van der Waals surface area contributed by atoms with Crippen LogP contribution in [0.1, 0.15) is 45.2 Å². The van der Waals surface area contributed by atoms with Crippen LogP contribution < -0.4 is 4.72 Å². The predicted molar refractivity (Wildman–Crippen MR) is 82.4 cm³/mol. The number of hydrogen-bond donors (Lipinski definition) is 1. The summed E-state index contributed by atoms with van der Waals surface area (Å²) in [7, 11) is -1.27. The molecule has 1 heterocycles. The number of nitrogens with one attached hydrogen (secondary N) is 1. The normalized spacial score (nSPS) is 14.8. The van der Waals surface area contributed by atoms with Gasteiger partial charge in [-0.15, -0.1) is 6.58 Å². The molecule has 0 aromatic carbocycles. The highest BCUT2D eigenvalue weighted by atomic mass is 35.5. The number of allylic oxidation sites excluding steroid dienone is 1. The summed E-state index contributed by atoms with van der Waals surface area (Å²) in [5.74, 6) is -0.712. The second-order valence-electron chi connectivity index (χ2n) is 5.42. The second-order valence-corrected chi connectivity index (χ2v) is 7.80. The van der Waals surface area contributed by atoms with Crippen molar-refractivity contribution in [2.75, 3.05) is 0 Å². The summed E-state index contributed by atoms with van der Waals surface area (Å²) in [6.45, 7) is 9.28. The average molecular weight is 319 g/mol. The van der Waals surface area contributed by atoms with Crippen LogP contribution in [0.25, 0.3) is 0 Å². The van der Waals surface area contributed by atoms with Crippen molar-refractivity contribution in [1.29, 1.82) is 0 Å². The van der Waals surface area contributed by atoms with E-state index in [9.17, 15) is 8.60 Å². The van der Waals surface area contributed by atoms with Gasteiger partial charge in [-0.2, -0.15) is 4.39 Å². The predicted octanol–water partition coefficient (Wildman–Crippen LogP) is 3.93. The lowest BCUT2D eigenvalue weighted by Crippen LogP contribution is -2.36. The van der Waals surface area contributed by atoms with Gasteiger partial charge in [0.05, 0.1) is 15.7 Å². The van der Waals surface area contributed by atoms with E-state index in [0.29, 0.717) is 18.4 Å². The van der Waals surface area contributed by atoms with Crippen LogP contribution in [0.4, 0.5) is 4.39 Å². The van der Waals surface area contributed by atoms with Crippen LogP contribution in [0.2, 0.25) is 5.02 Å². The van der Waals surface area contributed by atoms with E-state index in [2.05, 4.69) is 16.3 Å². The maximum Gasteiger partial charge on any atom is 0.231 e. The van der Waals surface area contributed by atoms with Gasteiger partial charge in [-0.25, -0.2) is 13.9 Å². The van der Waals surface area contributed by atoms with Crippen LogP contribution in [0.5, 0.6) is 0 Å². The Hall–Kier alpha value is -0.780. The fraction of sp³-hybridized carbons (Fsp3) is 0.500. The number of nitrogens with zero attached hydrogens (tertiary/aromatic N) is 1. The summed E-state index contributed by atoms with van der Waals surface area (Å²) >= 11 is 5.96. The molecule has 2 atom stereocenters. The average Bonchev–Trinajstić information content (AvgIpc) is 2.36. The Balaban J connectivity index is 3.03. The minimum absolute atomic E-state index is 0.0278. The Labute approximate surface area is 127 Å². The molecule has 1 N–H and O–H groups in total. The van der Waals surface area contributed by atoms with Gasteiger partial charge >= 0.3 is 0 Å². The molecule has 1 rings (SSSR count). The fourth-order valence-corrected chi connectivity index (χ4v) is 2.67. The van der Waals surface area contributed by atoms with Crippen LogP contribution in [0, 0.1) is 5.95 Å². The molecule has 0 spiro atoms. The molecule has 112 valence electrons. The number of halogens is 2. The molecule has 0 saturated heterocycles. The van der Waals surface area contributed by atoms with Crippen molar-refractivity contribution < 1.29 is 8.60 Å². The van der Waals surface area contributed by atoms with Crippen molar-refractivity contribution in [2.24, 2.45) is 0 Å². The molecule has 0 bridgehead atoms. The lowest BCUT2D eigenvalue weighted by atomic mass is 10.0. The van der Waals surface area contributed by atoms with E-state index in [1.165, 1.54) is 6.20 Å². The molecule has 0 aliphatic carbocycles. The number of rotatable bonds is 6. The maximum absolute atomic E-state index is 13.5. The summed E-state index contributed by atoms with van der Waals surface area (Å²) in [6, 6.07) is 1.34. The molecular weight excluding hydrogens is 299 g/mol. The highest BCUT2D eigenvalue weighted by Gasteiger charge is 2.25. The molecule has 1 aromatic heterocycles. The zero-order valence-corrected chi connectivity index (χ0v) is 13.5. The van der Waals surface area contributed by atoms with Crippen LogP contribution in [-0.4, -0.2) is 13.9 Å². The lowest BCUT2D eigenvalue weighted by Gasteiger charge is -2.25. The summed E-state index contributed by atoms with van der Waals surface area (Å²) in [6.07, 6.45) is 4.47. The Bertz CT molecular complexity index is 502. The Morgan fingerprint density at radius 2 is 2.25 bits per heavy atom. The SMILES string of the molecule is C=CCC[C@H](N[S@@](=O)C(C)(C)C)c1ccnc(F)c1Cl. The van der Waals surface area contributed by atoms with E-state index in [-0.39, 0.29) is 11.1 Å². The minimum atomic E-state index is -1.27. The minimum Gasteiger partial charge on any atom is -0.242 e. The largest absolute Gasteiger partial charge is 0.242 e. The smallest absolute Gasteiger partial charge is 0.231 e. The van der Waals surface area contributed by atoms with E-state index in [4.69, 9.17) is 11.6 Å². The first-order valence-electron chi connectivity index (χ1n) is 6.36. The number of pyridine rings is 1. The van der Waals surface area contributed by atoms with E-state index in [0.717, 1.165) is 0 Å². The molecule has 0 radical (unpaired) electrons. The second kappa shape index (κ2) is 7.29. The Morgan fingerprint density at radius 3 is 2.80 bits per heavy atom. The van der Waals surface area contributed by atoms with Crippen LogP contribution in [0.3, 0.4) is 0 Å². The quantitative estimate of drug-likeness (QED) is 0.638. The van der Waals surface area contributed by atoms with Crippen LogP contribution in [0.15, 0.2) is 24.9 Å². The third-order valence-corrected chi connectivity index (χ3v) is 4.70. The molecule has 3 nitrogen and oxygen atoms in total. The van der Waals surface area contributed by atoms with Gasteiger partial charge in [-0.1, -0.05) is 17.7 Å². The molecule has 6 heteroatoms. The van der Waals surface area contributed by atoms with Gasteiger partial charge in [-0.3, -0.25) is 0 Å². The first kappa shape index (κ1) is 17.3. The Morgan fingerprint density at radius 1 is 1.60 bits per heavy atom. The summed E-state index contributed by atoms with van der Waals surface area (Å²) in [5.41, 5.74) is 0.568. The summed E-state index contributed by atoms with van der Waals surface area (Å²) < 4.78 is 28.3. The highest BCUT2D eigenvalue weighted by molar-refractivity contribution is 7.84. The zero-order valence-electron chi connectivity index (χ0n) is 12.0. The zero-order chi connectivity index (χ0) is 15.3. The summed E-state index contributed by atoms with van der Waals surface area (Å²) in [5, 5.41) is -0.0278. The monoisotopic (exact) mass is 318 g/mol. The van der Waals surface area contributed by atoms with E-state index < -0.39 is 21.7 Å². The van der Waals surface area contributed by atoms with Gasteiger partial charge in [0.1, 0.15) is 5.02 Å². The molecule has 0 aliphatic heterocycles. The summed E-state index contributed by atoms with van der Waals surface area (Å²) in [4.78, 5) is 3.51. The number of hydrogen-bond acceptors (Lipinski definition) is 2. The third kappa shape index (κ3) is 4.65. The first-order chi connectivity index (χ1) is 9.27. The highest BCUT2D eigenvalue weighted by Crippen LogP contribution is 2.28. The molecule has 0 saturated carbocycles. The molecule has 0 amide bonds. The fourth-order valence-electron chi connectivity index (χ4n) is 1.57. The first-order valence-corrected chi connectivity index (χ1v) is 7.89. The number of aromatic nitrogens is 1. The molecule has 0 fully saturated rings. The van der Waals surface area contributed by atoms with Gasteiger partial charge in [0.2, 0.25) is 5.95 Å². The van der Waals surface area contributed by atoms with Crippen molar-refractivity contribution in [3.05, 3.63) is 41.5 Å². The van der Waals surface area contributed by atoms with Crippen LogP contribution >= 0.6 is 11.6 Å². The van der Waals surface area contributed by atoms with Gasteiger partial charge in [0, 0.05) is 12.2 Å². The molecule has 20 heavy (non-hydrogen) atoms. The third-order valence-electron chi connectivity index (χ3n) is 2.72. The van der Waals surface area contributed by atoms with Gasteiger partial charge in [-0.05, 0) is 45.2 Å². The van der Waals surface area contributed by atoms with Crippen molar-refractivity contribution in [3.63, 3.8) is 0 Å². The molecule has 0 aliphatic rings.